The van der Waals surface area contributed by atoms with Crippen LogP contribution < -0.4 is 10.5 Å². The number of nitrogens with one attached hydrogen (secondary N) is 2. The summed E-state index contributed by atoms with van der Waals surface area (Å²) in [7, 11) is 17.9. The van der Waals surface area contributed by atoms with Crippen LogP contribution in [0.4, 0.5) is 0 Å². The van der Waals surface area contributed by atoms with Gasteiger partial charge in [-0.3, -0.25) is 0 Å². The monoisotopic (exact) mass is 927 g/mol. The van der Waals surface area contributed by atoms with Crippen LogP contribution in [0.2, 0.25) is 0 Å². The zero-order valence-corrected chi connectivity index (χ0v) is 38.6. The van der Waals surface area contributed by atoms with Gasteiger partial charge in [0.25, 0.3) is 0 Å². The molecular formula is C46H54BCl2HfN2O2. The Labute approximate surface area is 331 Å². The van der Waals surface area contributed by atoms with Crippen molar-refractivity contribution in [3.63, 3.8) is 0 Å². The van der Waals surface area contributed by atoms with Gasteiger partial charge < -0.3 is 0 Å². The minimum atomic E-state index is -6.29. The standard InChI is InChI=1S/2C20H21.C6H11BN2O2.2ClH.Hf/c2*1-14-8-5-6-10-17(14)18-11-7-9-15-12-16(13-19(15)18)20(2,3)4;1-3-5(10)8-7-9-6(11)4-2;;;/h2*5-13H,1-4H3;3-4H2,1-2H3,(H-,8,9,10,11);2*1H;/q;;;;;+1/p-1. The molecule has 0 saturated carbocycles. The maximum absolute atomic E-state index is 13.7. The number of rotatable bonds is 9. The number of fused-ring (bicyclic) bond motifs is 2. The molecule has 2 atom stereocenters. The van der Waals surface area contributed by atoms with E-state index in [2.05, 4.69) is 163 Å². The number of hydrogen-bond donors (Lipinski definition) is 2. The summed E-state index contributed by atoms with van der Waals surface area (Å²) in [5.74, 6) is -0.413. The second-order valence-corrected chi connectivity index (χ2v) is 47.7. The van der Waals surface area contributed by atoms with E-state index in [-0.39, 0.29) is 35.5 Å². The first-order valence-corrected chi connectivity index (χ1v) is 34.4. The second-order valence-electron chi connectivity index (χ2n) is 17.3. The second kappa shape index (κ2) is 14.7. The van der Waals surface area contributed by atoms with Crippen LogP contribution in [0.25, 0.3) is 34.4 Å². The van der Waals surface area contributed by atoms with Crippen LogP contribution in [-0.4, -0.2) is 16.4 Å². The van der Waals surface area contributed by atoms with Gasteiger partial charge in [0.15, 0.2) is 0 Å². The van der Waals surface area contributed by atoms with E-state index in [1.54, 1.807) is 0 Å². The fourth-order valence-electron chi connectivity index (χ4n) is 8.85. The van der Waals surface area contributed by atoms with Crippen molar-refractivity contribution >= 4 is 45.7 Å². The van der Waals surface area contributed by atoms with Crippen molar-refractivity contribution in [2.75, 3.05) is 0 Å². The molecule has 6 rings (SSSR count). The fourth-order valence-corrected chi connectivity index (χ4v) is 39.1. The molecule has 8 heteroatoms. The normalized spacial score (nSPS) is 17.4. The third-order valence-corrected chi connectivity index (χ3v) is 39.7. The van der Waals surface area contributed by atoms with Gasteiger partial charge >= 0.3 is 334 Å². The molecule has 4 aromatic rings. The van der Waals surface area contributed by atoms with Gasteiger partial charge in [-0.25, -0.2) is 0 Å². The molecule has 281 valence electrons. The van der Waals surface area contributed by atoms with E-state index in [0.717, 1.165) is 55.7 Å². The molecule has 2 amide bonds. The van der Waals surface area contributed by atoms with Crippen molar-refractivity contribution < 1.29 is 25.5 Å². The Hall–Kier alpha value is -3.18. The SMILES string of the molecule is CCC(=O)N[B](NC(=O)CC)[Hf]([Cl])([Cl])([CH]1C(C(C)(C)C)=Cc2c(-c3ccccc3C)cccc21)[CH]1C(C(C)(C)C)=Cc2c(-c3ccccc3C)cccc21. The van der Waals surface area contributed by atoms with Crippen molar-refractivity contribution in [3.05, 3.63) is 129 Å². The van der Waals surface area contributed by atoms with E-state index >= 15 is 0 Å². The summed E-state index contributed by atoms with van der Waals surface area (Å²) >= 11 is -6.29. The van der Waals surface area contributed by atoms with Gasteiger partial charge in [0.2, 0.25) is 0 Å². The van der Waals surface area contributed by atoms with E-state index in [1.165, 1.54) is 11.1 Å². The first-order chi connectivity index (χ1) is 25.3. The molecule has 0 fully saturated rings. The Bertz CT molecular complexity index is 2060. The third-order valence-electron chi connectivity index (χ3n) is 11.6. The zero-order valence-electron chi connectivity index (χ0n) is 33.5. The Balaban J connectivity index is 1.77. The molecule has 2 N–H and O–H groups in total. The molecule has 2 aliphatic rings. The Morgan fingerprint density at radius 2 is 0.944 bits per heavy atom. The average molecular weight is 927 g/mol. The van der Waals surface area contributed by atoms with Gasteiger partial charge in [0, 0.05) is 0 Å². The summed E-state index contributed by atoms with van der Waals surface area (Å²) in [6.07, 6.45) is 5.09. The number of aryl methyl sites for hydroxylation is 2. The van der Waals surface area contributed by atoms with E-state index < -0.39 is 27.8 Å². The molecule has 0 heterocycles. The van der Waals surface area contributed by atoms with Crippen LogP contribution in [0, 0.1) is 24.7 Å². The summed E-state index contributed by atoms with van der Waals surface area (Å²) in [5.41, 5.74) is 12.7. The average Bonchev–Trinajstić information content (AvgIpc) is 3.74. The summed E-state index contributed by atoms with van der Waals surface area (Å²) in [6, 6.07) is 29.9. The van der Waals surface area contributed by atoms with Gasteiger partial charge in [-0.1, -0.05) is 0 Å². The van der Waals surface area contributed by atoms with Gasteiger partial charge in [0.05, 0.1) is 0 Å². The molecular weight excluding hydrogens is 873 g/mol. The van der Waals surface area contributed by atoms with Gasteiger partial charge in [-0.2, -0.15) is 0 Å². The molecule has 54 heavy (non-hydrogen) atoms. The molecule has 4 nitrogen and oxygen atoms in total. The Morgan fingerprint density at radius 1 is 0.593 bits per heavy atom. The van der Waals surface area contributed by atoms with Gasteiger partial charge in [-0.05, 0) is 0 Å². The summed E-state index contributed by atoms with van der Waals surface area (Å²) in [5, 5.41) is 6.58. The van der Waals surface area contributed by atoms with Gasteiger partial charge in [-0.15, -0.1) is 0 Å². The Morgan fingerprint density at radius 3 is 1.28 bits per heavy atom. The number of carbonyl (C=O) groups is 2. The van der Waals surface area contributed by atoms with Crippen molar-refractivity contribution in [2.24, 2.45) is 10.8 Å². The number of amides is 2. The van der Waals surface area contributed by atoms with E-state index in [0.29, 0.717) is 0 Å². The number of allylic oxidation sites excluding steroid dienone is 2. The molecule has 0 saturated heterocycles. The molecule has 0 radical (unpaired) electrons. The molecule has 0 spiro atoms. The van der Waals surface area contributed by atoms with Crippen molar-refractivity contribution in [1.82, 2.24) is 10.5 Å². The number of hydrogen-bond acceptors (Lipinski definition) is 2. The van der Waals surface area contributed by atoms with Crippen LogP contribution >= 0.6 is 17.2 Å². The van der Waals surface area contributed by atoms with Crippen molar-refractivity contribution in [2.45, 2.75) is 89.4 Å². The predicted octanol–water partition coefficient (Wildman–Crippen LogP) is 12.3. The van der Waals surface area contributed by atoms with Crippen LogP contribution in [0.15, 0.2) is 96.1 Å². The topological polar surface area (TPSA) is 58.2 Å². The number of halogens is 2. The van der Waals surface area contributed by atoms with Crippen molar-refractivity contribution in [3.8, 4) is 22.3 Å². The zero-order chi connectivity index (χ0) is 39.4. The first-order valence-electron chi connectivity index (χ1n) is 19.3. The number of benzene rings is 4. The Kier molecular flexibility index (Phi) is 11.0. The predicted molar refractivity (Wildman–Crippen MR) is 228 cm³/mol. The summed E-state index contributed by atoms with van der Waals surface area (Å²) in [4.78, 5) is 27.5. The van der Waals surface area contributed by atoms with E-state index in [9.17, 15) is 9.59 Å². The molecule has 0 bridgehead atoms. The molecule has 0 aromatic heterocycles. The fraction of sp³-hybridized carbons (Fsp3) is 0.348. The molecule has 2 aliphatic carbocycles. The van der Waals surface area contributed by atoms with Crippen LogP contribution in [-0.2, 0) is 25.5 Å². The number of carbonyl (C=O) groups excluding carboxylic acids is 2. The molecule has 0 aliphatic heterocycles. The summed E-state index contributed by atoms with van der Waals surface area (Å²) in [6.45, 7) is 21.3. The third kappa shape index (κ3) is 6.94. The molecule has 2 unspecified atom stereocenters. The van der Waals surface area contributed by atoms with E-state index in [1.807, 2.05) is 13.8 Å². The quantitative estimate of drug-likeness (QED) is 0.164. The van der Waals surface area contributed by atoms with Crippen LogP contribution in [0.1, 0.15) is 109 Å². The van der Waals surface area contributed by atoms with Crippen molar-refractivity contribution in [1.29, 1.82) is 0 Å². The van der Waals surface area contributed by atoms with Crippen LogP contribution in [0.3, 0.4) is 0 Å². The minimum absolute atomic E-state index is 0.206. The van der Waals surface area contributed by atoms with Crippen LogP contribution in [0.5, 0.6) is 0 Å². The van der Waals surface area contributed by atoms with E-state index in [4.69, 9.17) is 17.2 Å². The first kappa shape index (κ1) is 40.5. The molecule has 4 aromatic carbocycles. The maximum atomic E-state index is 13.7. The summed E-state index contributed by atoms with van der Waals surface area (Å²) < 4.78 is -1.88. The van der Waals surface area contributed by atoms with Gasteiger partial charge in [0.1, 0.15) is 0 Å².